The van der Waals surface area contributed by atoms with E-state index in [1.807, 2.05) is 18.2 Å². The average Bonchev–Trinajstić information content (AvgIpc) is 2.98. The topological polar surface area (TPSA) is 81.0 Å². The molecule has 0 amide bonds. The standard InChI is InChI=1S/C19H23N5O2S/c1-13(2)24-17-7-5-4-6-16(17)21-18(24)12-23-9-8-15-14(11-23)10-20-19(22-15)27(3,25)26/h4-7,10,13H,8-9,11-12H2,1-3H3. The van der Waals surface area contributed by atoms with E-state index in [9.17, 15) is 8.42 Å². The highest BCUT2D eigenvalue weighted by Crippen LogP contribution is 2.24. The normalized spacial score (nSPS) is 15.4. The van der Waals surface area contributed by atoms with Crippen LogP contribution in [0.1, 0.15) is 37.0 Å². The quantitative estimate of drug-likeness (QED) is 0.642. The van der Waals surface area contributed by atoms with Gasteiger partial charge in [-0.15, -0.1) is 0 Å². The lowest BCUT2D eigenvalue weighted by atomic mass is 10.1. The molecule has 142 valence electrons. The van der Waals surface area contributed by atoms with Crippen LogP contribution in [0.3, 0.4) is 0 Å². The summed E-state index contributed by atoms with van der Waals surface area (Å²) in [5.74, 6) is 1.04. The van der Waals surface area contributed by atoms with Gasteiger partial charge in [0.05, 0.1) is 23.3 Å². The SMILES string of the molecule is CC(C)n1c(CN2CCc3nc(S(C)(=O)=O)ncc3C2)nc2ccccc21. The van der Waals surface area contributed by atoms with Crippen LogP contribution in [0, 0.1) is 0 Å². The van der Waals surface area contributed by atoms with Crippen molar-refractivity contribution < 1.29 is 8.42 Å². The molecule has 27 heavy (non-hydrogen) atoms. The summed E-state index contributed by atoms with van der Waals surface area (Å²) in [5.41, 5.74) is 3.99. The molecule has 0 unspecified atom stereocenters. The third kappa shape index (κ3) is 3.46. The summed E-state index contributed by atoms with van der Waals surface area (Å²) < 4.78 is 25.6. The number of sulfone groups is 1. The Balaban J connectivity index is 1.61. The zero-order valence-electron chi connectivity index (χ0n) is 15.8. The largest absolute Gasteiger partial charge is 0.324 e. The molecule has 7 nitrogen and oxygen atoms in total. The van der Waals surface area contributed by atoms with E-state index in [1.54, 1.807) is 6.20 Å². The minimum absolute atomic E-state index is 0.0868. The van der Waals surface area contributed by atoms with Crippen LogP contribution in [0.5, 0.6) is 0 Å². The molecule has 0 atom stereocenters. The molecule has 0 saturated carbocycles. The van der Waals surface area contributed by atoms with Crippen molar-refractivity contribution in [2.24, 2.45) is 0 Å². The van der Waals surface area contributed by atoms with Gasteiger partial charge in [0.15, 0.2) is 0 Å². The van der Waals surface area contributed by atoms with E-state index in [-0.39, 0.29) is 5.16 Å². The number of rotatable bonds is 4. The number of para-hydroxylation sites is 2. The van der Waals surface area contributed by atoms with Crippen LogP contribution in [0.25, 0.3) is 11.0 Å². The fourth-order valence-corrected chi connectivity index (χ4v) is 4.17. The van der Waals surface area contributed by atoms with Crippen LogP contribution in [0.2, 0.25) is 0 Å². The van der Waals surface area contributed by atoms with Crippen LogP contribution >= 0.6 is 0 Å². The van der Waals surface area contributed by atoms with Crippen LogP contribution in [-0.4, -0.2) is 45.6 Å². The van der Waals surface area contributed by atoms with Gasteiger partial charge in [0, 0.05) is 43.6 Å². The third-order valence-corrected chi connectivity index (χ3v) is 5.73. The fourth-order valence-electron chi connectivity index (χ4n) is 3.65. The van der Waals surface area contributed by atoms with Crippen LogP contribution < -0.4 is 0 Å². The highest BCUT2D eigenvalue weighted by Gasteiger charge is 2.23. The van der Waals surface area contributed by atoms with Crippen molar-refractivity contribution in [1.29, 1.82) is 0 Å². The second-order valence-electron chi connectivity index (χ2n) is 7.34. The first-order chi connectivity index (χ1) is 12.8. The van der Waals surface area contributed by atoms with E-state index in [0.717, 1.165) is 47.5 Å². The summed E-state index contributed by atoms with van der Waals surface area (Å²) in [7, 11) is -3.38. The number of hydrogen-bond donors (Lipinski definition) is 0. The maximum Gasteiger partial charge on any atom is 0.246 e. The smallest absolute Gasteiger partial charge is 0.246 e. The van der Waals surface area contributed by atoms with Gasteiger partial charge in [-0.25, -0.2) is 23.4 Å². The van der Waals surface area contributed by atoms with E-state index in [1.165, 1.54) is 0 Å². The molecule has 2 aromatic heterocycles. The summed E-state index contributed by atoms with van der Waals surface area (Å²) in [5, 5.41) is -0.0868. The molecule has 1 aliphatic heterocycles. The summed E-state index contributed by atoms with van der Waals surface area (Å²) in [4.78, 5) is 15.5. The summed E-state index contributed by atoms with van der Waals surface area (Å²) >= 11 is 0. The third-order valence-electron chi connectivity index (χ3n) is 4.87. The molecule has 0 fully saturated rings. The monoisotopic (exact) mass is 385 g/mol. The van der Waals surface area contributed by atoms with Crippen LogP contribution in [0.15, 0.2) is 35.6 Å². The van der Waals surface area contributed by atoms with E-state index < -0.39 is 9.84 Å². The molecule has 0 radical (unpaired) electrons. The van der Waals surface area contributed by atoms with Gasteiger partial charge in [0.2, 0.25) is 15.0 Å². The van der Waals surface area contributed by atoms with Crippen molar-refractivity contribution in [1.82, 2.24) is 24.4 Å². The lowest BCUT2D eigenvalue weighted by molar-refractivity contribution is 0.232. The molecular weight excluding hydrogens is 362 g/mol. The van der Waals surface area contributed by atoms with Gasteiger partial charge in [0.1, 0.15) is 5.82 Å². The molecule has 1 aromatic carbocycles. The molecule has 1 aliphatic rings. The van der Waals surface area contributed by atoms with Crippen molar-refractivity contribution in [3.05, 3.63) is 47.5 Å². The molecule has 0 N–H and O–H groups in total. The Hall–Kier alpha value is -2.32. The van der Waals surface area contributed by atoms with E-state index >= 15 is 0 Å². The molecule has 3 heterocycles. The lowest BCUT2D eigenvalue weighted by Gasteiger charge is -2.28. The maximum absolute atomic E-state index is 11.7. The summed E-state index contributed by atoms with van der Waals surface area (Å²) in [6.07, 6.45) is 3.50. The Morgan fingerprint density at radius 3 is 2.70 bits per heavy atom. The average molecular weight is 385 g/mol. The minimum Gasteiger partial charge on any atom is -0.324 e. The predicted molar refractivity (Wildman–Crippen MR) is 103 cm³/mol. The van der Waals surface area contributed by atoms with Gasteiger partial charge >= 0.3 is 0 Å². The van der Waals surface area contributed by atoms with Crippen molar-refractivity contribution >= 4 is 20.9 Å². The van der Waals surface area contributed by atoms with Gasteiger partial charge in [0.25, 0.3) is 0 Å². The number of benzene rings is 1. The van der Waals surface area contributed by atoms with Gasteiger partial charge in [-0.05, 0) is 26.0 Å². The highest BCUT2D eigenvalue weighted by molar-refractivity contribution is 7.90. The van der Waals surface area contributed by atoms with E-state index in [2.05, 4.69) is 39.3 Å². The molecule has 3 aromatic rings. The summed E-state index contributed by atoms with van der Waals surface area (Å²) in [6, 6.07) is 8.53. The Bertz CT molecular complexity index is 1100. The molecule has 4 rings (SSSR count). The molecule has 0 saturated heterocycles. The molecule has 0 spiro atoms. The Kier molecular flexibility index (Phi) is 4.47. The lowest BCUT2D eigenvalue weighted by Crippen LogP contribution is -2.32. The number of hydrogen-bond acceptors (Lipinski definition) is 6. The first kappa shape index (κ1) is 18.1. The van der Waals surface area contributed by atoms with Gasteiger partial charge in [-0.3, -0.25) is 4.90 Å². The second-order valence-corrected chi connectivity index (χ2v) is 9.25. The predicted octanol–water partition coefficient (Wildman–Crippen LogP) is 2.37. The fraction of sp³-hybridized carbons (Fsp3) is 0.421. The number of nitrogens with zero attached hydrogens (tertiary/aromatic N) is 5. The van der Waals surface area contributed by atoms with Crippen molar-refractivity contribution in [2.45, 2.75) is 44.6 Å². The summed E-state index contributed by atoms with van der Waals surface area (Å²) in [6.45, 7) is 6.59. The Morgan fingerprint density at radius 2 is 1.96 bits per heavy atom. The molecule has 0 aliphatic carbocycles. The molecule has 8 heteroatoms. The minimum atomic E-state index is -3.38. The van der Waals surface area contributed by atoms with Crippen LogP contribution in [-0.2, 0) is 29.3 Å². The Morgan fingerprint density at radius 1 is 1.19 bits per heavy atom. The number of imidazole rings is 1. The molecular formula is C19H23N5O2S. The highest BCUT2D eigenvalue weighted by atomic mass is 32.2. The van der Waals surface area contributed by atoms with Crippen LogP contribution in [0.4, 0.5) is 0 Å². The first-order valence-corrected chi connectivity index (χ1v) is 10.9. The van der Waals surface area contributed by atoms with Gasteiger partial charge < -0.3 is 4.57 Å². The number of fused-ring (bicyclic) bond motifs is 2. The molecule has 0 bridgehead atoms. The first-order valence-electron chi connectivity index (χ1n) is 9.06. The van der Waals surface area contributed by atoms with Crippen molar-refractivity contribution in [2.75, 3.05) is 12.8 Å². The Labute approximate surface area is 159 Å². The zero-order valence-corrected chi connectivity index (χ0v) is 16.6. The van der Waals surface area contributed by atoms with Gasteiger partial charge in [-0.2, -0.15) is 0 Å². The van der Waals surface area contributed by atoms with Gasteiger partial charge in [-0.1, -0.05) is 12.1 Å². The van der Waals surface area contributed by atoms with E-state index in [4.69, 9.17) is 4.98 Å². The van der Waals surface area contributed by atoms with Crippen molar-refractivity contribution in [3.8, 4) is 0 Å². The zero-order chi connectivity index (χ0) is 19.2. The maximum atomic E-state index is 11.7. The van der Waals surface area contributed by atoms with Crippen molar-refractivity contribution in [3.63, 3.8) is 0 Å². The number of aromatic nitrogens is 4. The van der Waals surface area contributed by atoms with E-state index in [0.29, 0.717) is 19.0 Å². The second kappa shape index (κ2) is 6.69.